The lowest BCUT2D eigenvalue weighted by atomic mass is 10.1. The van der Waals surface area contributed by atoms with E-state index < -0.39 is 0 Å². The number of imidazole rings is 1. The standard InChI is InChI=1S/C13H14ClN3/c14-10-3-2-9-6-12-13(11(9)7-10)16-8-17(12)5-1-4-15/h2-3,7-8H,1,4-6,15H2. The van der Waals surface area contributed by atoms with E-state index in [0.717, 1.165) is 30.1 Å². The van der Waals surface area contributed by atoms with Crippen LogP contribution in [0.4, 0.5) is 0 Å². The highest BCUT2D eigenvalue weighted by atomic mass is 35.5. The largest absolute Gasteiger partial charge is 0.334 e. The molecule has 0 unspecified atom stereocenters. The molecule has 1 aliphatic rings. The predicted molar refractivity (Wildman–Crippen MR) is 69.2 cm³/mol. The summed E-state index contributed by atoms with van der Waals surface area (Å²) in [5.41, 5.74) is 10.4. The molecule has 17 heavy (non-hydrogen) atoms. The lowest BCUT2D eigenvalue weighted by Gasteiger charge is -2.04. The Morgan fingerprint density at radius 1 is 1.41 bits per heavy atom. The van der Waals surface area contributed by atoms with E-state index in [9.17, 15) is 0 Å². The summed E-state index contributed by atoms with van der Waals surface area (Å²) in [7, 11) is 0. The Morgan fingerprint density at radius 3 is 3.12 bits per heavy atom. The molecule has 1 aromatic carbocycles. The summed E-state index contributed by atoms with van der Waals surface area (Å²) in [5, 5.41) is 0.771. The van der Waals surface area contributed by atoms with Crippen molar-refractivity contribution >= 4 is 11.6 Å². The topological polar surface area (TPSA) is 43.8 Å². The number of hydrogen-bond donors (Lipinski definition) is 1. The van der Waals surface area contributed by atoms with Gasteiger partial charge in [0.05, 0.1) is 12.0 Å². The molecule has 0 amide bonds. The van der Waals surface area contributed by atoms with Crippen LogP contribution < -0.4 is 5.73 Å². The second-order valence-corrected chi connectivity index (χ2v) is 4.79. The quantitative estimate of drug-likeness (QED) is 0.773. The van der Waals surface area contributed by atoms with Crippen molar-refractivity contribution in [2.45, 2.75) is 19.4 Å². The van der Waals surface area contributed by atoms with Crippen LogP contribution in [0.3, 0.4) is 0 Å². The molecule has 0 radical (unpaired) electrons. The molecule has 2 aromatic rings. The molecular formula is C13H14ClN3. The highest BCUT2D eigenvalue weighted by molar-refractivity contribution is 6.30. The van der Waals surface area contributed by atoms with Crippen LogP contribution in [-0.2, 0) is 13.0 Å². The minimum absolute atomic E-state index is 0.714. The van der Waals surface area contributed by atoms with Crippen molar-refractivity contribution in [2.75, 3.05) is 6.54 Å². The number of aromatic nitrogens is 2. The first-order valence-corrected chi connectivity index (χ1v) is 6.20. The third-order valence-corrected chi connectivity index (χ3v) is 3.47. The van der Waals surface area contributed by atoms with Crippen LogP contribution in [-0.4, -0.2) is 16.1 Å². The fourth-order valence-corrected chi connectivity index (χ4v) is 2.55. The van der Waals surface area contributed by atoms with Gasteiger partial charge in [-0.1, -0.05) is 17.7 Å². The van der Waals surface area contributed by atoms with E-state index in [4.69, 9.17) is 17.3 Å². The first-order chi connectivity index (χ1) is 8.29. The van der Waals surface area contributed by atoms with Gasteiger partial charge in [-0.05, 0) is 30.7 Å². The van der Waals surface area contributed by atoms with Crippen molar-refractivity contribution in [1.29, 1.82) is 0 Å². The number of rotatable bonds is 3. The Morgan fingerprint density at radius 2 is 2.29 bits per heavy atom. The van der Waals surface area contributed by atoms with Gasteiger partial charge in [-0.3, -0.25) is 0 Å². The van der Waals surface area contributed by atoms with Crippen molar-refractivity contribution in [3.8, 4) is 11.3 Å². The second kappa shape index (κ2) is 4.17. The molecule has 0 atom stereocenters. The van der Waals surface area contributed by atoms with E-state index in [1.54, 1.807) is 0 Å². The maximum absolute atomic E-state index is 6.03. The van der Waals surface area contributed by atoms with E-state index in [1.807, 2.05) is 18.5 Å². The number of halogens is 1. The molecule has 0 aliphatic heterocycles. The minimum Gasteiger partial charge on any atom is -0.334 e. The van der Waals surface area contributed by atoms with E-state index in [-0.39, 0.29) is 0 Å². The number of nitrogens with two attached hydrogens (primary N) is 1. The minimum atomic E-state index is 0.714. The highest BCUT2D eigenvalue weighted by Crippen LogP contribution is 2.36. The zero-order valence-electron chi connectivity index (χ0n) is 9.49. The maximum atomic E-state index is 6.03. The maximum Gasteiger partial charge on any atom is 0.0956 e. The first kappa shape index (κ1) is 10.8. The third kappa shape index (κ3) is 1.75. The third-order valence-electron chi connectivity index (χ3n) is 3.23. The van der Waals surface area contributed by atoms with Crippen molar-refractivity contribution in [2.24, 2.45) is 5.73 Å². The average molecular weight is 248 g/mol. The average Bonchev–Trinajstić information content (AvgIpc) is 2.86. The van der Waals surface area contributed by atoms with Crippen LogP contribution in [0.2, 0.25) is 5.02 Å². The monoisotopic (exact) mass is 247 g/mol. The number of hydrogen-bond acceptors (Lipinski definition) is 2. The normalized spacial score (nSPS) is 12.6. The molecule has 0 bridgehead atoms. The van der Waals surface area contributed by atoms with Gasteiger partial charge in [0.2, 0.25) is 0 Å². The van der Waals surface area contributed by atoms with Crippen LogP contribution in [0.1, 0.15) is 17.7 Å². The van der Waals surface area contributed by atoms with Gasteiger partial charge in [0.25, 0.3) is 0 Å². The highest BCUT2D eigenvalue weighted by Gasteiger charge is 2.23. The summed E-state index contributed by atoms with van der Waals surface area (Å²) in [6.07, 6.45) is 3.84. The predicted octanol–water partition coefficient (Wildman–Crippen LogP) is 2.46. The zero-order valence-corrected chi connectivity index (χ0v) is 10.2. The summed E-state index contributed by atoms with van der Waals surface area (Å²) in [4.78, 5) is 4.50. The van der Waals surface area contributed by atoms with Gasteiger partial charge in [0, 0.05) is 29.2 Å². The number of benzene rings is 1. The summed E-state index contributed by atoms with van der Waals surface area (Å²) in [6.45, 7) is 1.66. The van der Waals surface area contributed by atoms with Crippen molar-refractivity contribution in [1.82, 2.24) is 9.55 Å². The zero-order chi connectivity index (χ0) is 11.8. The molecule has 3 nitrogen and oxygen atoms in total. The molecule has 0 saturated carbocycles. The van der Waals surface area contributed by atoms with Gasteiger partial charge in [-0.15, -0.1) is 0 Å². The summed E-state index contributed by atoms with van der Waals surface area (Å²) in [6, 6.07) is 6.03. The Bertz CT molecular complexity index is 560. The lowest BCUT2D eigenvalue weighted by Crippen LogP contribution is -2.07. The second-order valence-electron chi connectivity index (χ2n) is 4.35. The molecule has 0 spiro atoms. The number of aryl methyl sites for hydroxylation is 1. The fourth-order valence-electron chi connectivity index (χ4n) is 2.38. The Balaban J connectivity index is 2.00. The van der Waals surface area contributed by atoms with Crippen molar-refractivity contribution in [3.63, 3.8) is 0 Å². The fraction of sp³-hybridized carbons (Fsp3) is 0.308. The Labute approximate surface area is 105 Å². The number of fused-ring (bicyclic) bond motifs is 3. The van der Waals surface area contributed by atoms with Crippen LogP contribution in [0.25, 0.3) is 11.3 Å². The van der Waals surface area contributed by atoms with Crippen LogP contribution in [0, 0.1) is 0 Å². The van der Waals surface area contributed by atoms with Crippen LogP contribution >= 0.6 is 11.6 Å². The molecule has 1 aromatic heterocycles. The summed E-state index contributed by atoms with van der Waals surface area (Å²) >= 11 is 6.03. The molecule has 3 rings (SSSR count). The molecule has 1 aliphatic carbocycles. The van der Waals surface area contributed by atoms with Crippen molar-refractivity contribution in [3.05, 3.63) is 40.8 Å². The van der Waals surface area contributed by atoms with Crippen LogP contribution in [0.5, 0.6) is 0 Å². The molecule has 4 heteroatoms. The Kier molecular flexibility index (Phi) is 2.65. The van der Waals surface area contributed by atoms with Gasteiger partial charge in [-0.2, -0.15) is 0 Å². The van der Waals surface area contributed by atoms with Gasteiger partial charge >= 0.3 is 0 Å². The molecule has 1 heterocycles. The van der Waals surface area contributed by atoms with Gasteiger partial charge in [-0.25, -0.2) is 4.98 Å². The van der Waals surface area contributed by atoms with E-state index in [1.165, 1.54) is 16.8 Å². The molecule has 88 valence electrons. The summed E-state index contributed by atoms with van der Waals surface area (Å²) < 4.78 is 2.20. The van der Waals surface area contributed by atoms with E-state index in [0.29, 0.717) is 6.54 Å². The van der Waals surface area contributed by atoms with E-state index >= 15 is 0 Å². The Hall–Kier alpha value is -1.32. The smallest absolute Gasteiger partial charge is 0.0956 e. The molecule has 0 saturated heterocycles. The van der Waals surface area contributed by atoms with Gasteiger partial charge < -0.3 is 10.3 Å². The van der Waals surface area contributed by atoms with Gasteiger partial charge in [0.15, 0.2) is 0 Å². The van der Waals surface area contributed by atoms with E-state index in [2.05, 4.69) is 15.6 Å². The lowest BCUT2D eigenvalue weighted by molar-refractivity contribution is 0.631. The van der Waals surface area contributed by atoms with Gasteiger partial charge in [0.1, 0.15) is 0 Å². The molecule has 0 fully saturated rings. The molecular weight excluding hydrogens is 234 g/mol. The van der Waals surface area contributed by atoms with Crippen molar-refractivity contribution < 1.29 is 0 Å². The molecule has 2 N–H and O–H groups in total. The SMILES string of the molecule is NCCCn1cnc2c1Cc1ccc(Cl)cc1-2. The van der Waals surface area contributed by atoms with Crippen LogP contribution in [0.15, 0.2) is 24.5 Å². The number of nitrogens with zero attached hydrogens (tertiary/aromatic N) is 2. The first-order valence-electron chi connectivity index (χ1n) is 5.82. The summed E-state index contributed by atoms with van der Waals surface area (Å²) in [5.74, 6) is 0.